The molecule has 1 aliphatic rings. The number of carbonyl (C=O) groups excluding carboxylic acids is 1. The minimum atomic E-state index is -0.748. The first-order chi connectivity index (χ1) is 13.9. The molecule has 9 nitrogen and oxygen atoms in total. The second-order valence-electron chi connectivity index (χ2n) is 6.54. The lowest BCUT2D eigenvalue weighted by Gasteiger charge is -2.23. The van der Waals surface area contributed by atoms with Crippen LogP contribution < -0.4 is 10.5 Å². The third-order valence-corrected chi connectivity index (χ3v) is 4.59. The standard InChI is InChI=1S/C19H15FN6O3/c1-9-12-5-10(20)3-4-11(12)19(27)26(2)8-14-16(15(6-21)29-25-14)13-7-23-17(22)18(24-13)28-9/h3-5,7,9H,8H2,1-2H3,(H2,22,23). The summed E-state index contributed by atoms with van der Waals surface area (Å²) in [7, 11) is 1.57. The summed E-state index contributed by atoms with van der Waals surface area (Å²) >= 11 is 0. The monoisotopic (exact) mass is 394 g/mol. The zero-order chi connectivity index (χ0) is 20.7. The van der Waals surface area contributed by atoms with Crippen molar-refractivity contribution in [2.45, 2.75) is 19.6 Å². The van der Waals surface area contributed by atoms with E-state index in [0.717, 1.165) is 0 Å². The van der Waals surface area contributed by atoms with E-state index < -0.39 is 11.9 Å². The normalized spacial score (nSPS) is 16.0. The van der Waals surface area contributed by atoms with Crippen LogP contribution in [0.5, 0.6) is 5.88 Å². The Morgan fingerprint density at radius 2 is 2.21 bits per heavy atom. The predicted octanol–water partition coefficient (Wildman–Crippen LogP) is 2.45. The van der Waals surface area contributed by atoms with Crippen molar-refractivity contribution in [2.24, 2.45) is 0 Å². The van der Waals surface area contributed by atoms with E-state index in [1.165, 1.54) is 29.3 Å². The number of anilines is 1. The minimum Gasteiger partial charge on any atom is -0.467 e. The summed E-state index contributed by atoms with van der Waals surface area (Å²) < 4.78 is 24.8. The van der Waals surface area contributed by atoms with Crippen molar-refractivity contribution in [1.29, 1.82) is 5.26 Å². The van der Waals surface area contributed by atoms with Gasteiger partial charge in [-0.3, -0.25) is 4.79 Å². The molecule has 0 spiro atoms. The Kier molecular flexibility index (Phi) is 4.35. The molecule has 10 heteroatoms. The summed E-state index contributed by atoms with van der Waals surface area (Å²) in [6, 6.07) is 5.75. The number of halogens is 1. The van der Waals surface area contributed by atoms with Gasteiger partial charge in [0.2, 0.25) is 5.76 Å². The molecule has 146 valence electrons. The molecule has 0 radical (unpaired) electrons. The fourth-order valence-corrected chi connectivity index (χ4v) is 3.16. The number of hydrogen-bond acceptors (Lipinski definition) is 8. The Morgan fingerprint density at radius 3 is 2.97 bits per heavy atom. The lowest BCUT2D eigenvalue weighted by atomic mass is 10.0. The van der Waals surface area contributed by atoms with Crippen molar-refractivity contribution in [3.05, 3.63) is 52.8 Å². The van der Waals surface area contributed by atoms with Gasteiger partial charge >= 0.3 is 0 Å². The Bertz CT molecular complexity index is 1170. The summed E-state index contributed by atoms with van der Waals surface area (Å²) in [5.74, 6) is -0.949. The second kappa shape index (κ2) is 6.87. The van der Waals surface area contributed by atoms with Crippen LogP contribution in [0.1, 0.15) is 40.4 Å². The maximum atomic E-state index is 13.9. The van der Waals surface area contributed by atoms with Gasteiger partial charge in [-0.25, -0.2) is 14.4 Å². The molecular weight excluding hydrogens is 379 g/mol. The van der Waals surface area contributed by atoms with Crippen LogP contribution in [-0.4, -0.2) is 33.0 Å². The van der Waals surface area contributed by atoms with E-state index in [9.17, 15) is 14.4 Å². The number of benzene rings is 1. The molecule has 3 aromatic rings. The van der Waals surface area contributed by atoms with Gasteiger partial charge in [0, 0.05) is 18.2 Å². The van der Waals surface area contributed by atoms with Gasteiger partial charge in [-0.05, 0) is 25.1 Å². The smallest absolute Gasteiger partial charge is 0.258 e. The van der Waals surface area contributed by atoms with E-state index in [1.807, 2.05) is 6.07 Å². The number of carbonyl (C=O) groups is 1. The Morgan fingerprint density at radius 1 is 1.41 bits per heavy atom. The van der Waals surface area contributed by atoms with E-state index in [4.69, 9.17) is 15.0 Å². The summed E-state index contributed by atoms with van der Waals surface area (Å²) in [4.78, 5) is 22.9. The van der Waals surface area contributed by atoms with Gasteiger partial charge < -0.3 is 19.9 Å². The van der Waals surface area contributed by atoms with Gasteiger partial charge in [-0.2, -0.15) is 5.26 Å². The summed E-state index contributed by atoms with van der Waals surface area (Å²) in [6.07, 6.45) is 0.618. The van der Waals surface area contributed by atoms with Crippen LogP contribution in [-0.2, 0) is 6.54 Å². The van der Waals surface area contributed by atoms with Crippen molar-refractivity contribution < 1.29 is 18.4 Å². The molecule has 2 N–H and O–H groups in total. The average molecular weight is 394 g/mol. The fourth-order valence-electron chi connectivity index (χ4n) is 3.16. The number of rotatable bonds is 0. The van der Waals surface area contributed by atoms with E-state index in [1.54, 1.807) is 14.0 Å². The highest BCUT2D eigenvalue weighted by atomic mass is 19.1. The molecule has 2 bridgehead atoms. The van der Waals surface area contributed by atoms with Gasteiger partial charge in [-0.1, -0.05) is 5.16 Å². The molecule has 1 aliphatic heterocycles. The fraction of sp³-hybridized carbons (Fsp3) is 0.211. The van der Waals surface area contributed by atoms with E-state index in [-0.39, 0.29) is 41.2 Å². The summed E-state index contributed by atoms with van der Waals surface area (Å²) in [5, 5.41) is 13.3. The Hall–Kier alpha value is -4.00. The molecule has 0 aliphatic carbocycles. The second-order valence-corrected chi connectivity index (χ2v) is 6.54. The highest BCUT2D eigenvalue weighted by Gasteiger charge is 2.27. The number of nitriles is 1. The Balaban J connectivity index is 1.96. The van der Waals surface area contributed by atoms with Crippen molar-refractivity contribution in [2.75, 3.05) is 12.8 Å². The van der Waals surface area contributed by atoms with Crippen molar-refractivity contribution in [3.63, 3.8) is 0 Å². The van der Waals surface area contributed by atoms with Crippen LogP contribution in [0.3, 0.4) is 0 Å². The number of nitrogens with zero attached hydrogens (tertiary/aromatic N) is 5. The molecule has 1 unspecified atom stereocenters. The van der Waals surface area contributed by atoms with Crippen molar-refractivity contribution in [1.82, 2.24) is 20.0 Å². The summed E-state index contributed by atoms with van der Waals surface area (Å²) in [5.41, 5.74) is 7.37. The molecule has 0 saturated carbocycles. The predicted molar refractivity (Wildman–Crippen MR) is 97.9 cm³/mol. The van der Waals surface area contributed by atoms with Crippen LogP contribution in [0.4, 0.5) is 10.2 Å². The lowest BCUT2D eigenvalue weighted by Crippen LogP contribution is -2.28. The number of fused-ring (bicyclic) bond motifs is 5. The molecule has 1 amide bonds. The highest BCUT2D eigenvalue weighted by molar-refractivity contribution is 5.95. The zero-order valence-electron chi connectivity index (χ0n) is 15.5. The number of hydrogen-bond donors (Lipinski definition) is 1. The highest BCUT2D eigenvalue weighted by Crippen LogP contribution is 2.33. The number of ether oxygens (including phenoxy) is 1. The quantitative estimate of drug-likeness (QED) is 0.615. The maximum absolute atomic E-state index is 13.9. The molecule has 1 atom stereocenters. The topological polar surface area (TPSA) is 131 Å². The number of nitrogen functional groups attached to an aromatic ring is 1. The molecule has 29 heavy (non-hydrogen) atoms. The van der Waals surface area contributed by atoms with E-state index in [0.29, 0.717) is 16.8 Å². The minimum absolute atomic E-state index is 0.00979. The first kappa shape index (κ1) is 18.4. The number of aromatic nitrogens is 3. The average Bonchev–Trinajstić information content (AvgIpc) is 3.10. The lowest BCUT2D eigenvalue weighted by molar-refractivity contribution is 0.0777. The third-order valence-electron chi connectivity index (χ3n) is 4.59. The Labute approximate surface area is 164 Å². The SMILES string of the molecule is CC1Oc2nc(cnc2N)-c2c(noc2C#N)CN(C)C(=O)c2ccc(F)cc21. The first-order valence-corrected chi connectivity index (χ1v) is 8.62. The molecule has 0 saturated heterocycles. The van der Waals surface area contributed by atoms with Crippen LogP contribution >= 0.6 is 0 Å². The molecule has 1 aromatic carbocycles. The van der Waals surface area contributed by atoms with Crippen LogP contribution in [0.15, 0.2) is 28.9 Å². The molecule has 2 aromatic heterocycles. The number of nitrogens with two attached hydrogens (primary N) is 1. The van der Waals surface area contributed by atoms with E-state index in [2.05, 4.69) is 15.1 Å². The van der Waals surface area contributed by atoms with Gasteiger partial charge in [0.25, 0.3) is 11.8 Å². The summed E-state index contributed by atoms with van der Waals surface area (Å²) in [6.45, 7) is 1.68. The van der Waals surface area contributed by atoms with E-state index >= 15 is 0 Å². The molecule has 3 heterocycles. The van der Waals surface area contributed by atoms with Crippen LogP contribution in [0.2, 0.25) is 0 Å². The van der Waals surface area contributed by atoms with Crippen LogP contribution in [0.25, 0.3) is 11.3 Å². The largest absolute Gasteiger partial charge is 0.467 e. The number of amides is 1. The maximum Gasteiger partial charge on any atom is 0.258 e. The van der Waals surface area contributed by atoms with Crippen LogP contribution in [0, 0.1) is 17.1 Å². The van der Waals surface area contributed by atoms with Crippen molar-refractivity contribution in [3.8, 4) is 23.2 Å². The van der Waals surface area contributed by atoms with Gasteiger partial charge in [0.15, 0.2) is 5.82 Å². The molecule has 4 rings (SSSR count). The first-order valence-electron chi connectivity index (χ1n) is 8.62. The third kappa shape index (κ3) is 3.12. The van der Waals surface area contributed by atoms with Gasteiger partial charge in [0.05, 0.1) is 24.0 Å². The van der Waals surface area contributed by atoms with Crippen molar-refractivity contribution >= 4 is 11.7 Å². The van der Waals surface area contributed by atoms with Gasteiger partial charge in [0.1, 0.15) is 23.7 Å². The molecular formula is C19H15FN6O3. The zero-order valence-corrected chi connectivity index (χ0v) is 15.5. The molecule has 0 fully saturated rings. The van der Waals surface area contributed by atoms with Gasteiger partial charge in [-0.15, -0.1) is 0 Å².